The molecule has 8 heteroatoms. The zero-order valence-electron chi connectivity index (χ0n) is 12.2. The standard InChI is InChI=1S/C13H20BrN5O2/c1-3-4-16-11-10(14)12(18-8-17-11)19-5-6-21-7-9(19)13(20)15-2/h8-9H,3-7H2,1-2H3,(H,15,20)(H,16,17,18). The molecule has 1 aromatic heterocycles. The Morgan fingerprint density at radius 2 is 2.38 bits per heavy atom. The lowest BCUT2D eigenvalue weighted by molar-refractivity contribution is -0.124. The predicted octanol–water partition coefficient (Wildman–Crippen LogP) is 1.01. The van der Waals surface area contributed by atoms with Gasteiger partial charge in [0.15, 0.2) is 0 Å². The summed E-state index contributed by atoms with van der Waals surface area (Å²) in [7, 11) is 1.62. The van der Waals surface area contributed by atoms with E-state index in [1.54, 1.807) is 7.05 Å². The Hall–Kier alpha value is -1.41. The van der Waals surface area contributed by atoms with Crippen molar-refractivity contribution in [3.8, 4) is 0 Å². The second-order valence-electron chi connectivity index (χ2n) is 4.68. The summed E-state index contributed by atoms with van der Waals surface area (Å²) in [6.07, 6.45) is 2.51. The number of hydrogen-bond donors (Lipinski definition) is 2. The molecule has 1 aliphatic heterocycles. The summed E-state index contributed by atoms with van der Waals surface area (Å²) in [5.41, 5.74) is 0. The van der Waals surface area contributed by atoms with Crippen molar-refractivity contribution in [2.75, 3.05) is 43.6 Å². The summed E-state index contributed by atoms with van der Waals surface area (Å²) >= 11 is 3.54. The first-order valence-corrected chi connectivity index (χ1v) is 7.78. The third-order valence-electron chi connectivity index (χ3n) is 3.26. The summed E-state index contributed by atoms with van der Waals surface area (Å²) in [5.74, 6) is 1.37. The van der Waals surface area contributed by atoms with Gasteiger partial charge in [0.25, 0.3) is 0 Å². The van der Waals surface area contributed by atoms with E-state index in [1.807, 2.05) is 4.90 Å². The fourth-order valence-electron chi connectivity index (χ4n) is 2.17. The molecule has 1 aromatic rings. The molecule has 21 heavy (non-hydrogen) atoms. The number of hydrogen-bond acceptors (Lipinski definition) is 6. The number of amides is 1. The van der Waals surface area contributed by atoms with Crippen LogP contribution >= 0.6 is 15.9 Å². The van der Waals surface area contributed by atoms with Gasteiger partial charge in [-0.05, 0) is 22.4 Å². The number of nitrogens with one attached hydrogen (secondary N) is 2. The van der Waals surface area contributed by atoms with Crippen LogP contribution in [0.3, 0.4) is 0 Å². The van der Waals surface area contributed by atoms with Crippen LogP contribution in [-0.4, -0.2) is 55.3 Å². The average molecular weight is 358 g/mol. The monoisotopic (exact) mass is 357 g/mol. The average Bonchev–Trinajstić information content (AvgIpc) is 2.53. The minimum Gasteiger partial charge on any atom is -0.377 e. The summed E-state index contributed by atoms with van der Waals surface area (Å²) in [4.78, 5) is 22.5. The molecule has 2 N–H and O–H groups in total. The zero-order valence-corrected chi connectivity index (χ0v) is 13.8. The summed E-state index contributed by atoms with van der Waals surface area (Å²) < 4.78 is 6.19. The molecule has 1 atom stereocenters. The second-order valence-corrected chi connectivity index (χ2v) is 5.48. The van der Waals surface area contributed by atoms with Gasteiger partial charge in [0.05, 0.1) is 13.2 Å². The lowest BCUT2D eigenvalue weighted by atomic mass is 10.2. The van der Waals surface area contributed by atoms with Gasteiger partial charge >= 0.3 is 0 Å². The number of carbonyl (C=O) groups is 1. The Labute approximate surface area is 132 Å². The van der Waals surface area contributed by atoms with Crippen molar-refractivity contribution in [1.82, 2.24) is 15.3 Å². The maximum atomic E-state index is 12.0. The molecule has 1 amide bonds. The van der Waals surface area contributed by atoms with Gasteiger partial charge in [-0.2, -0.15) is 0 Å². The first-order valence-electron chi connectivity index (χ1n) is 6.99. The van der Waals surface area contributed by atoms with E-state index in [1.165, 1.54) is 6.33 Å². The Balaban J connectivity index is 2.28. The van der Waals surface area contributed by atoms with E-state index in [0.29, 0.717) is 25.6 Å². The Morgan fingerprint density at radius 3 is 3.10 bits per heavy atom. The zero-order chi connectivity index (χ0) is 15.2. The number of carbonyl (C=O) groups excluding carboxylic acids is 1. The number of rotatable bonds is 5. The normalized spacial score (nSPS) is 18.4. The molecule has 1 fully saturated rings. The van der Waals surface area contributed by atoms with Crippen LogP contribution in [0.5, 0.6) is 0 Å². The van der Waals surface area contributed by atoms with Gasteiger partial charge in [-0.1, -0.05) is 6.92 Å². The number of halogens is 1. The topological polar surface area (TPSA) is 79.4 Å². The fourth-order valence-corrected chi connectivity index (χ4v) is 2.74. The highest BCUT2D eigenvalue weighted by atomic mass is 79.9. The van der Waals surface area contributed by atoms with Crippen molar-refractivity contribution in [2.24, 2.45) is 0 Å². The maximum Gasteiger partial charge on any atom is 0.244 e. The number of morpholine rings is 1. The Morgan fingerprint density at radius 1 is 1.57 bits per heavy atom. The summed E-state index contributed by atoms with van der Waals surface area (Å²) in [6.45, 7) is 4.46. The third-order valence-corrected chi connectivity index (χ3v) is 3.99. The van der Waals surface area contributed by atoms with Crippen molar-refractivity contribution in [1.29, 1.82) is 0 Å². The van der Waals surface area contributed by atoms with Crippen LogP contribution in [-0.2, 0) is 9.53 Å². The summed E-state index contributed by atoms with van der Waals surface area (Å²) in [6, 6.07) is -0.381. The first-order chi connectivity index (χ1) is 10.2. The van der Waals surface area contributed by atoms with Crippen molar-refractivity contribution >= 4 is 33.5 Å². The van der Waals surface area contributed by atoms with Crippen LogP contribution in [0.15, 0.2) is 10.8 Å². The molecular formula is C13H20BrN5O2. The molecule has 0 spiro atoms. The SMILES string of the molecule is CCCNc1ncnc(N2CCOCC2C(=O)NC)c1Br. The molecule has 1 saturated heterocycles. The molecule has 2 heterocycles. The van der Waals surface area contributed by atoms with Gasteiger partial charge in [0, 0.05) is 20.1 Å². The number of aromatic nitrogens is 2. The van der Waals surface area contributed by atoms with Gasteiger partial charge in [0.1, 0.15) is 28.5 Å². The molecule has 2 rings (SSSR count). The van der Waals surface area contributed by atoms with E-state index in [0.717, 1.165) is 23.3 Å². The van der Waals surface area contributed by atoms with Crippen LogP contribution in [0.4, 0.5) is 11.6 Å². The van der Waals surface area contributed by atoms with E-state index in [4.69, 9.17) is 4.74 Å². The number of nitrogens with zero attached hydrogens (tertiary/aromatic N) is 3. The second kappa shape index (κ2) is 7.56. The van der Waals surface area contributed by atoms with Gasteiger partial charge in [-0.3, -0.25) is 4.79 Å². The van der Waals surface area contributed by atoms with Crippen LogP contribution < -0.4 is 15.5 Å². The molecule has 0 saturated carbocycles. The van der Waals surface area contributed by atoms with Crippen LogP contribution in [0, 0.1) is 0 Å². The fraction of sp³-hybridized carbons (Fsp3) is 0.615. The minimum absolute atomic E-state index is 0.0803. The number of ether oxygens (including phenoxy) is 1. The number of anilines is 2. The van der Waals surface area contributed by atoms with E-state index in [2.05, 4.69) is 43.5 Å². The molecule has 7 nitrogen and oxygen atoms in total. The molecule has 0 bridgehead atoms. The number of likely N-dealkylation sites (N-methyl/N-ethyl adjacent to an activating group) is 1. The highest BCUT2D eigenvalue weighted by Gasteiger charge is 2.31. The van der Waals surface area contributed by atoms with E-state index >= 15 is 0 Å². The Bertz CT molecular complexity index is 499. The van der Waals surface area contributed by atoms with Crippen LogP contribution in [0.25, 0.3) is 0 Å². The van der Waals surface area contributed by atoms with Gasteiger partial charge in [0.2, 0.25) is 5.91 Å². The largest absolute Gasteiger partial charge is 0.377 e. The highest BCUT2D eigenvalue weighted by molar-refractivity contribution is 9.10. The van der Waals surface area contributed by atoms with Crippen LogP contribution in [0.2, 0.25) is 0 Å². The van der Waals surface area contributed by atoms with Crippen molar-refractivity contribution < 1.29 is 9.53 Å². The van der Waals surface area contributed by atoms with Crippen molar-refractivity contribution in [3.63, 3.8) is 0 Å². The maximum absolute atomic E-state index is 12.0. The molecule has 0 aromatic carbocycles. The minimum atomic E-state index is -0.381. The van der Waals surface area contributed by atoms with E-state index in [9.17, 15) is 4.79 Å². The third kappa shape index (κ3) is 3.62. The Kier molecular flexibility index (Phi) is 5.75. The molecular weight excluding hydrogens is 338 g/mol. The highest BCUT2D eigenvalue weighted by Crippen LogP contribution is 2.31. The molecule has 1 aliphatic rings. The smallest absolute Gasteiger partial charge is 0.244 e. The van der Waals surface area contributed by atoms with E-state index in [-0.39, 0.29) is 11.9 Å². The molecule has 116 valence electrons. The predicted molar refractivity (Wildman–Crippen MR) is 84.5 cm³/mol. The van der Waals surface area contributed by atoms with Gasteiger partial charge < -0.3 is 20.3 Å². The van der Waals surface area contributed by atoms with E-state index < -0.39 is 0 Å². The molecule has 1 unspecified atom stereocenters. The van der Waals surface area contributed by atoms with Gasteiger partial charge in [-0.15, -0.1) is 0 Å². The summed E-state index contributed by atoms with van der Waals surface area (Å²) in [5, 5.41) is 5.91. The molecule has 0 aliphatic carbocycles. The van der Waals surface area contributed by atoms with Crippen LogP contribution in [0.1, 0.15) is 13.3 Å². The van der Waals surface area contributed by atoms with Gasteiger partial charge in [-0.25, -0.2) is 9.97 Å². The van der Waals surface area contributed by atoms with Crippen molar-refractivity contribution in [3.05, 3.63) is 10.8 Å². The lowest BCUT2D eigenvalue weighted by Gasteiger charge is -2.35. The quantitative estimate of drug-likeness (QED) is 0.818. The lowest BCUT2D eigenvalue weighted by Crippen LogP contribution is -2.53. The molecule has 0 radical (unpaired) electrons. The first kappa shape index (κ1) is 16.0. The van der Waals surface area contributed by atoms with Crippen molar-refractivity contribution in [2.45, 2.75) is 19.4 Å².